The number of aromatic nitrogens is 3. The summed E-state index contributed by atoms with van der Waals surface area (Å²) in [5, 5.41) is 21.1. The number of thiophene rings is 1. The molecular weight excluding hydrogens is 689 g/mol. The number of pyridine rings is 1. The van der Waals surface area contributed by atoms with Crippen LogP contribution in [0.1, 0.15) is 49.3 Å². The van der Waals surface area contributed by atoms with Gasteiger partial charge in [0, 0.05) is 80.8 Å². The number of likely N-dealkylation sites (N-methyl/N-ethyl adjacent to an activating group) is 1. The molecule has 3 atom stereocenters. The van der Waals surface area contributed by atoms with Gasteiger partial charge in [-0.2, -0.15) is 15.2 Å². The highest BCUT2D eigenvalue weighted by atomic mass is 32.1. The molecule has 4 fully saturated rings. The second-order valence-electron chi connectivity index (χ2n) is 15.5. The molecule has 1 aliphatic carbocycles. The molecule has 4 aromatic rings. The second-order valence-corrected chi connectivity index (χ2v) is 16.6. The summed E-state index contributed by atoms with van der Waals surface area (Å²) in [7, 11) is 2.15. The van der Waals surface area contributed by atoms with Crippen molar-refractivity contribution in [1.29, 1.82) is 5.26 Å². The van der Waals surface area contributed by atoms with E-state index in [9.17, 15) is 10.4 Å². The number of nitrogens with two attached hydrogens (primary N) is 1. The van der Waals surface area contributed by atoms with Crippen LogP contribution in [0.25, 0.3) is 32.2 Å². The minimum absolute atomic E-state index is 0.00568. The number of fused-ring (bicyclic) bond motifs is 6. The van der Waals surface area contributed by atoms with Crippen LogP contribution in [0.4, 0.5) is 19.6 Å². The smallest absolute Gasteiger partial charge is 0.319 e. The van der Waals surface area contributed by atoms with Crippen molar-refractivity contribution in [3.63, 3.8) is 0 Å². The van der Waals surface area contributed by atoms with Gasteiger partial charge in [-0.25, -0.2) is 8.78 Å². The van der Waals surface area contributed by atoms with Crippen LogP contribution in [0.2, 0.25) is 0 Å². The molecule has 1 saturated carbocycles. The van der Waals surface area contributed by atoms with E-state index in [0.29, 0.717) is 29.9 Å². The van der Waals surface area contributed by atoms with Crippen LogP contribution in [0.5, 0.6) is 6.01 Å². The number of piperazine rings is 2. The minimum atomic E-state index is -0.638. The summed E-state index contributed by atoms with van der Waals surface area (Å²) in [4.78, 5) is 23.8. The van der Waals surface area contributed by atoms with Gasteiger partial charge in [-0.15, -0.1) is 11.3 Å². The number of hydrogen-bond donors (Lipinski definition) is 2. The van der Waals surface area contributed by atoms with E-state index in [2.05, 4.69) is 37.7 Å². The van der Waals surface area contributed by atoms with Crippen molar-refractivity contribution >= 4 is 43.1 Å². The first-order chi connectivity index (χ1) is 25.1. The molecule has 0 radical (unpaired) electrons. The fraction of sp³-hybridized carbons (Fsp3) is 0.568. The predicted octanol–water partition coefficient (Wildman–Crippen LogP) is 4.11. The van der Waals surface area contributed by atoms with Crippen LogP contribution < -0.4 is 15.4 Å². The highest BCUT2D eigenvalue weighted by molar-refractivity contribution is 7.23. The molecule has 5 aliphatic rings. The van der Waals surface area contributed by atoms with Gasteiger partial charge in [0.05, 0.1) is 53.5 Å². The Labute approximate surface area is 304 Å². The largest absolute Gasteiger partial charge is 0.463 e. The Morgan fingerprint density at radius 3 is 2.52 bits per heavy atom. The third-order valence-electron chi connectivity index (χ3n) is 11.7. The van der Waals surface area contributed by atoms with E-state index in [4.69, 9.17) is 25.2 Å². The molecule has 0 amide bonds. The first kappa shape index (κ1) is 34.0. The molecule has 9 rings (SSSR count). The van der Waals surface area contributed by atoms with E-state index in [1.54, 1.807) is 0 Å². The van der Waals surface area contributed by atoms with Crippen molar-refractivity contribution in [1.82, 2.24) is 29.7 Å². The number of hydrogen-bond acceptors (Lipinski definition) is 13. The van der Waals surface area contributed by atoms with E-state index < -0.39 is 17.7 Å². The first-order valence-electron chi connectivity index (χ1n) is 18.2. The third-order valence-corrected chi connectivity index (χ3v) is 12.8. The van der Waals surface area contributed by atoms with E-state index >= 15 is 8.78 Å². The molecule has 2 unspecified atom stereocenters. The van der Waals surface area contributed by atoms with Gasteiger partial charge in [0.2, 0.25) is 0 Å². The Morgan fingerprint density at radius 2 is 1.83 bits per heavy atom. The number of nitrogen functional groups attached to an aromatic ring is 1. The van der Waals surface area contributed by atoms with Crippen molar-refractivity contribution in [2.24, 2.45) is 5.41 Å². The molecule has 3 aromatic heterocycles. The van der Waals surface area contributed by atoms with Gasteiger partial charge in [-0.1, -0.05) is 0 Å². The number of rotatable bonds is 9. The molecule has 12 nitrogen and oxygen atoms in total. The van der Waals surface area contributed by atoms with Crippen molar-refractivity contribution < 1.29 is 23.4 Å². The van der Waals surface area contributed by atoms with E-state index in [1.165, 1.54) is 0 Å². The highest BCUT2D eigenvalue weighted by Crippen LogP contribution is 2.49. The van der Waals surface area contributed by atoms with Gasteiger partial charge in [-0.3, -0.25) is 9.88 Å². The number of β-amino-alcohol motifs (C(OH)–C–C–N with tert-alkyl or cyclic N) is 1. The van der Waals surface area contributed by atoms with Crippen molar-refractivity contribution in [2.75, 3.05) is 76.6 Å². The molecule has 274 valence electrons. The average Bonchev–Trinajstić information content (AvgIpc) is 3.40. The van der Waals surface area contributed by atoms with E-state index in [0.717, 1.165) is 94.6 Å². The quantitative estimate of drug-likeness (QED) is 0.256. The number of nitrogens with zero attached hydrogens (tertiary/aromatic N) is 8. The maximum Gasteiger partial charge on any atom is 0.319 e. The zero-order valence-electron chi connectivity index (χ0n) is 29.5. The monoisotopic (exact) mass is 731 g/mol. The normalized spacial score (nSPS) is 23.7. The zero-order valence-corrected chi connectivity index (χ0v) is 30.3. The molecule has 3 saturated heterocycles. The Balaban J connectivity index is 1.18. The number of nitriles is 1. The second kappa shape index (κ2) is 13.0. The zero-order chi connectivity index (χ0) is 35.9. The molecule has 15 heteroatoms. The van der Waals surface area contributed by atoms with Gasteiger partial charge in [0.1, 0.15) is 22.4 Å². The average molecular weight is 732 g/mol. The van der Waals surface area contributed by atoms with Gasteiger partial charge in [0.25, 0.3) is 0 Å². The van der Waals surface area contributed by atoms with Crippen LogP contribution in [-0.2, 0) is 18.0 Å². The fourth-order valence-corrected chi connectivity index (χ4v) is 9.88. The predicted molar refractivity (Wildman–Crippen MR) is 194 cm³/mol. The van der Waals surface area contributed by atoms with Gasteiger partial charge in [-0.05, 0) is 50.8 Å². The van der Waals surface area contributed by atoms with Gasteiger partial charge in [0.15, 0.2) is 11.6 Å². The SMILES string of the molecule is C[C@@H](O)CN1CC2CCC(C1)N2c1nc(OCC2(CN3CCN(C)CC3)CC2)nc2c(F)c(-c3ncc(F)c4sc(N)c(C#N)c34)c3c(c12)COC3. The standard InChI is InChI=1S/C37H43F2N9O3S/c1-20(49)13-47-14-21-3-4-22(15-47)48(21)35-29-25-17-50-16-24(25)27(31-28-23(11-40)34(41)52-33(28)26(38)12-42-31)30(39)32(29)43-36(44-35)51-19-37(5-6-37)18-46-9-7-45(2)8-10-46/h12,20-22,49H,3-10,13-19,41H2,1-2H3/t20-,21?,22?/m1/s1. The van der Waals surface area contributed by atoms with Crippen molar-refractivity contribution in [3.8, 4) is 23.3 Å². The Kier molecular flexibility index (Phi) is 8.48. The molecule has 52 heavy (non-hydrogen) atoms. The Morgan fingerprint density at radius 1 is 1.10 bits per heavy atom. The summed E-state index contributed by atoms with van der Waals surface area (Å²) in [6.45, 7) is 9.73. The Hall–Kier alpha value is -3.78. The molecular formula is C37H43F2N9O3S. The van der Waals surface area contributed by atoms with E-state index in [-0.39, 0.29) is 74.1 Å². The van der Waals surface area contributed by atoms with Crippen molar-refractivity contribution in [2.45, 2.75) is 64.0 Å². The summed E-state index contributed by atoms with van der Waals surface area (Å²) in [5.41, 5.74) is 7.95. The number of benzene rings is 1. The Bertz CT molecular complexity index is 2100. The molecule has 1 aromatic carbocycles. The van der Waals surface area contributed by atoms with Crippen LogP contribution in [0.15, 0.2) is 6.20 Å². The number of aliphatic hydroxyl groups is 1. The van der Waals surface area contributed by atoms with Crippen LogP contribution >= 0.6 is 11.3 Å². The summed E-state index contributed by atoms with van der Waals surface area (Å²) >= 11 is 0.952. The highest BCUT2D eigenvalue weighted by Gasteiger charge is 2.46. The van der Waals surface area contributed by atoms with Crippen LogP contribution in [0, 0.1) is 28.4 Å². The fourth-order valence-electron chi connectivity index (χ4n) is 8.96. The lowest BCUT2D eigenvalue weighted by Crippen LogP contribution is -2.55. The molecule has 4 aliphatic heterocycles. The van der Waals surface area contributed by atoms with E-state index in [1.807, 2.05) is 6.92 Å². The maximum atomic E-state index is 17.5. The topological polar surface area (TPSA) is 140 Å². The summed E-state index contributed by atoms with van der Waals surface area (Å²) in [5.74, 6) is -0.627. The summed E-state index contributed by atoms with van der Waals surface area (Å²) < 4.78 is 45.3. The molecule has 3 N–H and O–H groups in total. The number of anilines is 2. The number of likely N-dealkylation sites (tertiary alicyclic amines) is 1. The van der Waals surface area contributed by atoms with Gasteiger partial charge >= 0.3 is 6.01 Å². The third kappa shape index (κ3) is 5.75. The lowest BCUT2D eigenvalue weighted by Gasteiger charge is -2.42. The summed E-state index contributed by atoms with van der Waals surface area (Å²) in [6.07, 6.45) is 4.62. The molecule has 0 spiro atoms. The summed E-state index contributed by atoms with van der Waals surface area (Å²) in [6, 6.07) is 2.44. The molecule has 7 heterocycles. The number of halogens is 2. The van der Waals surface area contributed by atoms with Gasteiger partial charge < -0.3 is 35.0 Å². The molecule has 2 bridgehead atoms. The lowest BCUT2D eigenvalue weighted by molar-refractivity contribution is 0.107. The lowest BCUT2D eigenvalue weighted by atomic mass is 9.93. The van der Waals surface area contributed by atoms with Crippen LogP contribution in [-0.4, -0.2) is 119 Å². The number of aliphatic hydroxyl groups excluding tert-OH is 1. The number of ether oxygens (including phenoxy) is 2. The first-order valence-corrected chi connectivity index (χ1v) is 19.1. The maximum absolute atomic E-state index is 17.5. The minimum Gasteiger partial charge on any atom is -0.463 e. The van der Waals surface area contributed by atoms with Crippen LogP contribution in [0.3, 0.4) is 0 Å². The van der Waals surface area contributed by atoms with Crippen molar-refractivity contribution in [3.05, 3.63) is 34.5 Å².